The largest absolute Gasteiger partial charge is 0.310 e. The summed E-state index contributed by atoms with van der Waals surface area (Å²) in [5.74, 6) is 0. The molecule has 3 rings (SSSR count). The molecule has 0 spiro atoms. The second kappa shape index (κ2) is 6.53. The van der Waals surface area contributed by atoms with E-state index in [1.54, 1.807) is 0 Å². The molecule has 2 aromatic carbocycles. The summed E-state index contributed by atoms with van der Waals surface area (Å²) in [7, 11) is 0. The molecule has 2 heteroatoms. The van der Waals surface area contributed by atoms with Crippen LogP contribution in [0.5, 0.6) is 0 Å². The molecule has 0 aliphatic carbocycles. The van der Waals surface area contributed by atoms with E-state index < -0.39 is 0 Å². The number of benzene rings is 2. The molecule has 0 radical (unpaired) electrons. The number of aromatic nitrogens is 1. The van der Waals surface area contributed by atoms with E-state index in [9.17, 15) is 0 Å². The number of para-hydroxylation sites is 1. The molecule has 1 heterocycles. The maximum Gasteiger partial charge on any atom is 0.0552 e. The first-order valence-corrected chi connectivity index (χ1v) is 8.61. The van der Waals surface area contributed by atoms with Gasteiger partial charge in [-0.15, -0.1) is 0 Å². The highest BCUT2D eigenvalue weighted by molar-refractivity contribution is 9.10. The molecule has 0 aliphatic heterocycles. The second-order valence-electron chi connectivity index (χ2n) is 5.36. The zero-order chi connectivity index (χ0) is 15.5. The minimum atomic E-state index is 1.02. The molecule has 112 valence electrons. The van der Waals surface area contributed by atoms with E-state index in [0.717, 1.165) is 17.3 Å². The fourth-order valence-electron chi connectivity index (χ4n) is 2.97. The summed E-state index contributed by atoms with van der Waals surface area (Å²) < 4.78 is 3.48. The minimum Gasteiger partial charge on any atom is -0.310 e. The number of nitrogens with zero attached hydrogens (tertiary/aromatic N) is 1. The van der Waals surface area contributed by atoms with Gasteiger partial charge < -0.3 is 4.57 Å². The summed E-state index contributed by atoms with van der Waals surface area (Å²) >= 11 is 3.62. The lowest BCUT2D eigenvalue weighted by molar-refractivity contribution is 1.05. The Morgan fingerprint density at radius 2 is 1.68 bits per heavy atom. The quantitative estimate of drug-likeness (QED) is 0.638. The van der Waals surface area contributed by atoms with Crippen molar-refractivity contribution in [2.75, 3.05) is 0 Å². The Hall–Kier alpha value is -1.80. The number of rotatable bonds is 3. The van der Waals surface area contributed by atoms with Crippen LogP contribution in [0.1, 0.15) is 26.7 Å². The molecule has 0 bridgehead atoms. The second-order valence-corrected chi connectivity index (χ2v) is 6.27. The van der Waals surface area contributed by atoms with E-state index in [-0.39, 0.29) is 0 Å². The summed E-state index contributed by atoms with van der Waals surface area (Å²) in [4.78, 5) is 0. The smallest absolute Gasteiger partial charge is 0.0552 e. The zero-order valence-corrected chi connectivity index (χ0v) is 14.6. The van der Waals surface area contributed by atoms with Gasteiger partial charge in [0.15, 0.2) is 0 Å². The Kier molecular flexibility index (Phi) is 4.49. The Morgan fingerprint density at radius 3 is 2.36 bits per heavy atom. The van der Waals surface area contributed by atoms with Gasteiger partial charge in [0.2, 0.25) is 0 Å². The van der Waals surface area contributed by atoms with E-state index in [4.69, 9.17) is 0 Å². The fraction of sp³-hybridized carbons (Fsp3) is 0.200. The third kappa shape index (κ3) is 2.64. The van der Waals surface area contributed by atoms with Gasteiger partial charge in [-0.3, -0.25) is 0 Å². The molecule has 0 saturated carbocycles. The van der Waals surface area contributed by atoms with Gasteiger partial charge in [-0.2, -0.15) is 0 Å². The van der Waals surface area contributed by atoms with Gasteiger partial charge in [0, 0.05) is 26.1 Å². The maximum absolute atomic E-state index is 3.62. The normalized spacial score (nSPS) is 13.2. The van der Waals surface area contributed by atoms with Crippen LogP contribution in [0.25, 0.3) is 28.7 Å². The van der Waals surface area contributed by atoms with Crippen LogP contribution in [0.2, 0.25) is 0 Å². The zero-order valence-electron chi connectivity index (χ0n) is 13.0. The van der Waals surface area contributed by atoms with Crippen LogP contribution in [0.3, 0.4) is 0 Å². The number of hydrogen-bond acceptors (Lipinski definition) is 0. The van der Waals surface area contributed by atoms with Gasteiger partial charge >= 0.3 is 0 Å². The van der Waals surface area contributed by atoms with Crippen LogP contribution in [0.15, 0.2) is 53.0 Å². The first kappa shape index (κ1) is 15.1. The molecule has 0 fully saturated rings. The van der Waals surface area contributed by atoms with E-state index in [1.807, 2.05) is 0 Å². The predicted octanol–water partition coefficient (Wildman–Crippen LogP) is 4.77. The fourth-order valence-corrected chi connectivity index (χ4v) is 3.32. The average Bonchev–Trinajstić information content (AvgIpc) is 2.82. The van der Waals surface area contributed by atoms with Crippen molar-refractivity contribution in [1.82, 2.24) is 4.57 Å². The molecule has 0 amide bonds. The summed E-state index contributed by atoms with van der Waals surface area (Å²) in [5, 5.41) is 3.95. The molecule has 1 aromatic heterocycles. The highest BCUT2D eigenvalue weighted by Gasteiger charge is 2.09. The standard InChI is InChI=1S/C20H20BrN/c1-3-8-17-18-13-12-15(21)14-20(18)22(19(17)9-4-2)16-10-6-5-7-11-16/h5-14H,3-4H2,1-2H3/b17-8-,19-9+. The van der Waals surface area contributed by atoms with Crippen LogP contribution in [-0.2, 0) is 0 Å². The van der Waals surface area contributed by atoms with Crippen molar-refractivity contribution in [2.45, 2.75) is 26.7 Å². The van der Waals surface area contributed by atoms with Crippen LogP contribution in [-0.4, -0.2) is 4.57 Å². The van der Waals surface area contributed by atoms with Crippen molar-refractivity contribution in [2.24, 2.45) is 0 Å². The Balaban J connectivity index is 2.54. The van der Waals surface area contributed by atoms with Crippen LogP contribution < -0.4 is 10.6 Å². The first-order valence-electron chi connectivity index (χ1n) is 7.82. The van der Waals surface area contributed by atoms with Crippen molar-refractivity contribution in [3.8, 4) is 5.69 Å². The van der Waals surface area contributed by atoms with Gasteiger partial charge in [-0.05, 0) is 37.1 Å². The van der Waals surface area contributed by atoms with Crippen LogP contribution in [0, 0.1) is 0 Å². The molecule has 0 saturated heterocycles. The maximum atomic E-state index is 3.62. The summed E-state index contributed by atoms with van der Waals surface area (Å²) in [6.45, 7) is 4.39. The Bertz CT molecular complexity index is 904. The summed E-state index contributed by atoms with van der Waals surface area (Å²) in [6.07, 6.45) is 6.71. The molecule has 0 aliphatic rings. The lowest BCUT2D eigenvalue weighted by Gasteiger charge is -2.06. The van der Waals surface area contributed by atoms with Gasteiger partial charge in [0.25, 0.3) is 0 Å². The molecular weight excluding hydrogens is 334 g/mol. The minimum absolute atomic E-state index is 1.02. The number of halogens is 1. The predicted molar refractivity (Wildman–Crippen MR) is 99.7 cm³/mol. The van der Waals surface area contributed by atoms with Gasteiger partial charge in [0.05, 0.1) is 5.52 Å². The van der Waals surface area contributed by atoms with E-state index in [2.05, 4.69) is 95.0 Å². The molecular formula is C20H20BrN. The number of fused-ring (bicyclic) bond motifs is 1. The highest BCUT2D eigenvalue weighted by atomic mass is 79.9. The van der Waals surface area contributed by atoms with Crippen molar-refractivity contribution >= 4 is 39.0 Å². The lowest BCUT2D eigenvalue weighted by Crippen LogP contribution is -2.28. The number of hydrogen-bond donors (Lipinski definition) is 0. The lowest BCUT2D eigenvalue weighted by atomic mass is 10.2. The van der Waals surface area contributed by atoms with Crippen molar-refractivity contribution in [1.29, 1.82) is 0 Å². The summed E-state index contributed by atoms with van der Waals surface area (Å²) in [6, 6.07) is 17.1. The van der Waals surface area contributed by atoms with E-state index in [1.165, 1.54) is 27.2 Å². The molecule has 0 unspecified atom stereocenters. The SMILES string of the molecule is CC/C=c1\c(=C/CC)n(-c2ccccc2)c2cc(Br)ccc12. The third-order valence-corrected chi connectivity index (χ3v) is 4.32. The van der Waals surface area contributed by atoms with Gasteiger partial charge in [0.1, 0.15) is 0 Å². The average molecular weight is 354 g/mol. The van der Waals surface area contributed by atoms with Gasteiger partial charge in [-0.25, -0.2) is 0 Å². The van der Waals surface area contributed by atoms with Gasteiger partial charge in [-0.1, -0.05) is 66.2 Å². The molecule has 1 nitrogen and oxygen atoms in total. The Labute approximate surface area is 139 Å². The summed E-state index contributed by atoms with van der Waals surface area (Å²) in [5.41, 5.74) is 2.46. The topological polar surface area (TPSA) is 4.93 Å². The van der Waals surface area contributed by atoms with Crippen molar-refractivity contribution in [3.05, 3.63) is 63.6 Å². The van der Waals surface area contributed by atoms with Crippen molar-refractivity contribution in [3.63, 3.8) is 0 Å². The van der Waals surface area contributed by atoms with Crippen molar-refractivity contribution < 1.29 is 0 Å². The third-order valence-electron chi connectivity index (χ3n) is 3.83. The molecule has 0 N–H and O–H groups in total. The molecule has 22 heavy (non-hydrogen) atoms. The first-order chi connectivity index (χ1) is 10.8. The van der Waals surface area contributed by atoms with Crippen LogP contribution >= 0.6 is 15.9 Å². The van der Waals surface area contributed by atoms with E-state index in [0.29, 0.717) is 0 Å². The monoisotopic (exact) mass is 353 g/mol. The molecule has 0 atom stereocenters. The van der Waals surface area contributed by atoms with E-state index >= 15 is 0 Å². The Morgan fingerprint density at radius 1 is 0.955 bits per heavy atom. The van der Waals surface area contributed by atoms with Crippen LogP contribution in [0.4, 0.5) is 0 Å². The molecule has 3 aromatic rings. The highest BCUT2D eigenvalue weighted by Crippen LogP contribution is 2.20.